The van der Waals surface area contributed by atoms with Gasteiger partial charge < -0.3 is 20.4 Å². The Morgan fingerprint density at radius 2 is 1.96 bits per heavy atom. The fraction of sp³-hybridized carbons (Fsp3) is 0.333. The number of aromatic nitrogens is 1. The highest BCUT2D eigenvalue weighted by molar-refractivity contribution is 7.17. The van der Waals surface area contributed by atoms with Crippen molar-refractivity contribution in [2.45, 2.75) is 12.5 Å². The first-order chi connectivity index (χ1) is 12.9. The predicted molar refractivity (Wildman–Crippen MR) is 99.8 cm³/mol. The molecule has 2 saturated heterocycles. The van der Waals surface area contributed by atoms with Gasteiger partial charge in [0.2, 0.25) is 0 Å². The van der Waals surface area contributed by atoms with Crippen LogP contribution in [0.15, 0.2) is 35.9 Å². The molecule has 4 heterocycles. The maximum absolute atomic E-state index is 12.3. The summed E-state index contributed by atoms with van der Waals surface area (Å²) in [6, 6.07) is 4.22. The molecule has 4 rings (SSSR count). The summed E-state index contributed by atoms with van der Waals surface area (Å²) in [6.45, 7) is 3.33. The van der Waals surface area contributed by atoms with E-state index in [1.165, 1.54) is 13.0 Å². The van der Waals surface area contributed by atoms with Crippen molar-refractivity contribution in [3.8, 4) is 0 Å². The number of carboxylic acids is 2. The van der Waals surface area contributed by atoms with Crippen LogP contribution < -0.4 is 5.32 Å². The molecular weight excluding hydrogens is 370 g/mol. The Morgan fingerprint density at radius 3 is 2.56 bits per heavy atom. The molecule has 9 heteroatoms. The quantitative estimate of drug-likeness (QED) is 0.677. The molecule has 2 fully saturated rings. The summed E-state index contributed by atoms with van der Waals surface area (Å²) in [6.07, 6.45) is 4.12. The van der Waals surface area contributed by atoms with Crippen LogP contribution in [-0.4, -0.2) is 63.6 Å². The van der Waals surface area contributed by atoms with Crippen molar-refractivity contribution in [1.29, 1.82) is 0 Å². The Balaban J connectivity index is 0.000000226. The molecular formula is C18H19N3O5S. The number of nitrogens with zero attached hydrogens (tertiary/aromatic N) is 2. The predicted octanol–water partition coefficient (Wildman–Crippen LogP) is 1.44. The fourth-order valence-corrected chi connectivity index (χ4v) is 4.06. The molecule has 0 aromatic carbocycles. The van der Waals surface area contributed by atoms with Crippen molar-refractivity contribution < 1.29 is 24.6 Å². The minimum Gasteiger partial charge on any atom is -0.478 e. The van der Waals surface area contributed by atoms with E-state index in [0.29, 0.717) is 29.8 Å². The van der Waals surface area contributed by atoms with Crippen molar-refractivity contribution in [1.82, 2.24) is 15.2 Å². The lowest BCUT2D eigenvalue weighted by atomic mass is 10.00. The smallest absolute Gasteiger partial charge is 0.328 e. The Morgan fingerprint density at radius 1 is 1.22 bits per heavy atom. The third kappa shape index (κ3) is 4.89. The lowest BCUT2D eigenvalue weighted by molar-refractivity contribution is -0.134. The number of aliphatic carboxylic acids is 2. The summed E-state index contributed by atoms with van der Waals surface area (Å²) in [5.41, 5.74) is 0.531. The van der Waals surface area contributed by atoms with Crippen molar-refractivity contribution in [3.63, 3.8) is 0 Å². The normalized spacial score (nSPS) is 23.2. The summed E-state index contributed by atoms with van der Waals surface area (Å²) >= 11 is 1.65. The van der Waals surface area contributed by atoms with E-state index in [9.17, 15) is 14.4 Å². The average Bonchev–Trinajstić information content (AvgIpc) is 3.36. The zero-order chi connectivity index (χ0) is 19.4. The van der Waals surface area contributed by atoms with Gasteiger partial charge in [0.05, 0.1) is 4.70 Å². The van der Waals surface area contributed by atoms with Crippen LogP contribution in [0.5, 0.6) is 0 Å². The zero-order valence-electron chi connectivity index (χ0n) is 14.4. The second-order valence-electron chi connectivity index (χ2n) is 6.43. The second kappa shape index (κ2) is 8.28. The number of nitrogens with one attached hydrogen (secondary N) is 1. The number of hydrogen-bond acceptors (Lipinski definition) is 6. The van der Waals surface area contributed by atoms with Crippen LogP contribution in [0.2, 0.25) is 0 Å². The van der Waals surface area contributed by atoms with Crippen molar-refractivity contribution in [2.75, 3.05) is 19.6 Å². The molecule has 2 aliphatic heterocycles. The van der Waals surface area contributed by atoms with Crippen LogP contribution >= 0.6 is 11.3 Å². The van der Waals surface area contributed by atoms with Gasteiger partial charge in [-0.3, -0.25) is 4.79 Å². The Hall–Kier alpha value is -2.78. The van der Waals surface area contributed by atoms with Gasteiger partial charge in [-0.2, -0.15) is 0 Å². The number of fused-ring (bicyclic) bond motifs is 3. The van der Waals surface area contributed by atoms with E-state index < -0.39 is 11.9 Å². The number of hydrogen-bond donors (Lipinski definition) is 3. The summed E-state index contributed by atoms with van der Waals surface area (Å²) in [5.74, 6) is -1.92. The average molecular weight is 389 g/mol. The van der Waals surface area contributed by atoms with Crippen molar-refractivity contribution >= 4 is 39.3 Å². The summed E-state index contributed by atoms with van der Waals surface area (Å²) in [7, 11) is 0. The van der Waals surface area contributed by atoms with Gasteiger partial charge in [0.25, 0.3) is 5.91 Å². The van der Waals surface area contributed by atoms with Gasteiger partial charge in [0.15, 0.2) is 0 Å². The molecule has 2 bridgehead atoms. The van der Waals surface area contributed by atoms with E-state index in [2.05, 4.69) is 15.2 Å². The largest absolute Gasteiger partial charge is 0.478 e. The topological polar surface area (TPSA) is 120 Å². The van der Waals surface area contributed by atoms with E-state index in [1.807, 2.05) is 17.5 Å². The molecule has 3 N–H and O–H groups in total. The number of rotatable bonds is 4. The molecule has 0 radical (unpaired) electrons. The molecule has 2 aromatic rings. The minimum atomic E-state index is -1.26. The monoisotopic (exact) mass is 389 g/mol. The fourth-order valence-electron chi connectivity index (χ4n) is 3.32. The van der Waals surface area contributed by atoms with Crippen LogP contribution in [0.3, 0.4) is 0 Å². The summed E-state index contributed by atoms with van der Waals surface area (Å²) in [4.78, 5) is 38.1. The molecule has 0 aliphatic carbocycles. The van der Waals surface area contributed by atoms with E-state index in [4.69, 9.17) is 10.2 Å². The van der Waals surface area contributed by atoms with Crippen molar-refractivity contribution in [3.05, 3.63) is 41.6 Å². The van der Waals surface area contributed by atoms with Crippen LogP contribution in [0.25, 0.3) is 10.1 Å². The Labute approximate surface area is 159 Å². The number of pyridine rings is 1. The SMILES string of the molecule is O=C(NC1CN2CCC1C2)c1cc2ccsc2cn1.O=C(O)/C=C/C(=O)O. The third-order valence-corrected chi connectivity index (χ3v) is 5.46. The molecule has 2 aromatic heterocycles. The van der Waals surface area contributed by atoms with Gasteiger partial charge in [-0.25, -0.2) is 14.6 Å². The molecule has 142 valence electrons. The van der Waals surface area contributed by atoms with Crippen molar-refractivity contribution in [2.24, 2.45) is 5.92 Å². The lowest BCUT2D eigenvalue weighted by Crippen LogP contribution is -2.43. The molecule has 3 unspecified atom stereocenters. The van der Waals surface area contributed by atoms with Gasteiger partial charge in [0, 0.05) is 37.5 Å². The molecule has 3 atom stereocenters. The Kier molecular flexibility index (Phi) is 5.82. The molecule has 27 heavy (non-hydrogen) atoms. The van der Waals surface area contributed by atoms with Gasteiger partial charge in [-0.05, 0) is 41.8 Å². The first kappa shape index (κ1) is 19.0. The number of carboxylic acid groups (broad SMARTS) is 2. The molecule has 2 aliphatic rings. The van der Waals surface area contributed by atoms with Gasteiger partial charge >= 0.3 is 11.9 Å². The van der Waals surface area contributed by atoms with E-state index >= 15 is 0 Å². The lowest BCUT2D eigenvalue weighted by Gasteiger charge is -2.22. The minimum absolute atomic E-state index is 0.0353. The first-order valence-electron chi connectivity index (χ1n) is 8.43. The van der Waals surface area contributed by atoms with Gasteiger partial charge in [0.1, 0.15) is 5.69 Å². The van der Waals surface area contributed by atoms with Crippen LogP contribution in [0.1, 0.15) is 16.9 Å². The van der Waals surface area contributed by atoms with Crippen LogP contribution in [0, 0.1) is 5.92 Å². The second-order valence-corrected chi connectivity index (χ2v) is 7.37. The Bertz CT molecular complexity index is 878. The van der Waals surface area contributed by atoms with Crippen LogP contribution in [0.4, 0.5) is 0 Å². The highest BCUT2D eigenvalue weighted by Crippen LogP contribution is 2.28. The first-order valence-corrected chi connectivity index (χ1v) is 9.31. The summed E-state index contributed by atoms with van der Waals surface area (Å²) < 4.78 is 1.13. The number of carbonyl (C=O) groups is 3. The maximum atomic E-state index is 12.3. The third-order valence-electron chi connectivity index (χ3n) is 4.59. The van der Waals surface area contributed by atoms with E-state index in [1.54, 1.807) is 17.5 Å². The number of thiophene rings is 1. The standard InChI is InChI=1S/C14H15N3OS.C4H4O4/c18-14(16-12-8-17-3-1-10(12)7-17)11-5-9-2-4-19-13(9)6-15-11;5-3(6)1-2-4(7)8/h2,4-6,10,12H,1,3,7-8H2,(H,16,18);1-2H,(H,5,6)(H,7,8)/b;2-1+. The van der Waals surface area contributed by atoms with Gasteiger partial charge in [-0.15, -0.1) is 11.3 Å². The molecule has 0 spiro atoms. The van der Waals surface area contributed by atoms with E-state index in [0.717, 1.165) is 23.2 Å². The highest BCUT2D eigenvalue weighted by atomic mass is 32.1. The number of carbonyl (C=O) groups excluding carboxylic acids is 1. The summed E-state index contributed by atoms with van der Waals surface area (Å²) in [5, 5.41) is 21.9. The molecule has 0 saturated carbocycles. The number of piperidine rings is 1. The molecule has 8 nitrogen and oxygen atoms in total. The number of amides is 1. The van der Waals surface area contributed by atoms with Crippen LogP contribution in [-0.2, 0) is 9.59 Å². The van der Waals surface area contributed by atoms with E-state index in [-0.39, 0.29) is 5.91 Å². The maximum Gasteiger partial charge on any atom is 0.328 e. The molecule has 1 amide bonds. The zero-order valence-corrected chi connectivity index (χ0v) is 15.2. The highest BCUT2D eigenvalue weighted by Gasteiger charge is 2.38. The van der Waals surface area contributed by atoms with Gasteiger partial charge in [-0.1, -0.05) is 0 Å².